The van der Waals surface area contributed by atoms with Crippen LogP contribution in [-0.2, 0) is 13.0 Å². The number of rotatable bonds is 10. The molecule has 0 aliphatic carbocycles. The minimum atomic E-state index is -0.183. The molecule has 4 aromatic rings. The summed E-state index contributed by atoms with van der Waals surface area (Å²) in [6, 6.07) is 21.6. The molecule has 6 heteroatoms. The minimum Gasteiger partial charge on any atom is -0.340 e. The third kappa shape index (κ3) is 5.77. The second-order valence-electron chi connectivity index (χ2n) is 10.3. The summed E-state index contributed by atoms with van der Waals surface area (Å²) in [4.78, 5) is 20.3. The lowest BCUT2D eigenvalue weighted by Crippen LogP contribution is -2.49. The van der Waals surface area contributed by atoms with Crippen molar-refractivity contribution in [3.05, 3.63) is 83.7 Å². The van der Waals surface area contributed by atoms with Gasteiger partial charge >= 0.3 is 0 Å². The number of fused-ring (bicyclic) bond motifs is 3. The van der Waals surface area contributed by atoms with Gasteiger partial charge in [-0.3, -0.25) is 9.69 Å². The van der Waals surface area contributed by atoms with Gasteiger partial charge in [-0.15, -0.1) is 0 Å². The summed E-state index contributed by atoms with van der Waals surface area (Å²) in [5.74, 6) is -0.0762. The molecule has 0 bridgehead atoms. The van der Waals surface area contributed by atoms with Crippen LogP contribution in [0.1, 0.15) is 36.2 Å². The maximum absolute atomic E-state index is 13.5. The van der Waals surface area contributed by atoms with Gasteiger partial charge in [0.2, 0.25) is 0 Å². The third-order valence-corrected chi connectivity index (χ3v) is 8.04. The number of benzene rings is 3. The van der Waals surface area contributed by atoms with Crippen LogP contribution in [-0.4, -0.2) is 77.5 Å². The Morgan fingerprint density at radius 1 is 0.842 bits per heavy atom. The molecule has 1 aliphatic heterocycles. The fourth-order valence-electron chi connectivity index (χ4n) is 5.76. The molecular formula is C32H39FN4O. The topological polar surface area (TPSA) is 31.7 Å². The first-order valence-corrected chi connectivity index (χ1v) is 14.1. The smallest absolute Gasteiger partial charge is 0.253 e. The molecule has 0 unspecified atom stereocenters. The quantitative estimate of drug-likeness (QED) is 0.273. The highest BCUT2D eigenvalue weighted by molar-refractivity contribution is 6.10. The van der Waals surface area contributed by atoms with Crippen molar-refractivity contribution in [2.75, 3.05) is 52.4 Å². The van der Waals surface area contributed by atoms with Crippen molar-refractivity contribution in [3.63, 3.8) is 0 Å². The first-order chi connectivity index (χ1) is 18.6. The average molecular weight is 515 g/mol. The van der Waals surface area contributed by atoms with Gasteiger partial charge in [0.05, 0.1) is 0 Å². The van der Waals surface area contributed by atoms with Gasteiger partial charge in [0.1, 0.15) is 5.82 Å². The van der Waals surface area contributed by atoms with Crippen LogP contribution in [0.15, 0.2) is 66.7 Å². The van der Waals surface area contributed by atoms with Gasteiger partial charge in [-0.2, -0.15) is 0 Å². The standard InChI is InChI=1S/C32H39FN4O/c1-3-34(4-2)16-8-17-37-30-12-6-5-11-28(30)29-24-26(13-14-31(29)37)32(38)36-21-19-35(20-22-36)18-15-25-9-7-10-27(33)23-25/h5-7,9-14,23-24H,3-4,8,15-22H2,1-2H3. The van der Waals surface area contributed by atoms with Crippen molar-refractivity contribution in [1.29, 1.82) is 0 Å². The summed E-state index contributed by atoms with van der Waals surface area (Å²) in [5, 5.41) is 2.37. The number of nitrogens with zero attached hydrogens (tertiary/aromatic N) is 4. The molecule has 200 valence electrons. The van der Waals surface area contributed by atoms with E-state index in [1.165, 1.54) is 22.5 Å². The van der Waals surface area contributed by atoms with E-state index < -0.39 is 0 Å². The SMILES string of the molecule is CCN(CC)CCCn1c2ccccc2c2cc(C(=O)N3CCN(CCc4cccc(F)c4)CC3)ccc21. The average Bonchev–Trinajstić information content (AvgIpc) is 3.27. The summed E-state index contributed by atoms with van der Waals surface area (Å²) in [5.41, 5.74) is 4.21. The van der Waals surface area contributed by atoms with E-state index in [0.29, 0.717) is 13.1 Å². The van der Waals surface area contributed by atoms with Gasteiger partial charge in [-0.25, -0.2) is 4.39 Å². The van der Waals surface area contributed by atoms with Crippen LogP contribution < -0.4 is 0 Å². The summed E-state index contributed by atoms with van der Waals surface area (Å²) >= 11 is 0. The Hall–Kier alpha value is -3.22. The van der Waals surface area contributed by atoms with Gasteiger partial charge in [-0.05, 0) is 74.4 Å². The maximum Gasteiger partial charge on any atom is 0.253 e. The van der Waals surface area contributed by atoms with Crippen LogP contribution in [0, 0.1) is 5.82 Å². The van der Waals surface area contributed by atoms with E-state index in [1.54, 1.807) is 12.1 Å². The Kier molecular flexibility index (Phi) is 8.40. The number of amides is 1. The van der Waals surface area contributed by atoms with E-state index in [4.69, 9.17) is 0 Å². The molecule has 2 heterocycles. The first kappa shape index (κ1) is 26.4. The molecule has 5 nitrogen and oxygen atoms in total. The highest BCUT2D eigenvalue weighted by atomic mass is 19.1. The van der Waals surface area contributed by atoms with E-state index in [1.807, 2.05) is 17.0 Å². The van der Waals surface area contributed by atoms with Crippen LogP contribution in [0.5, 0.6) is 0 Å². The second-order valence-corrected chi connectivity index (χ2v) is 10.3. The second kappa shape index (κ2) is 12.1. The van der Waals surface area contributed by atoms with Crippen LogP contribution >= 0.6 is 0 Å². The van der Waals surface area contributed by atoms with Gasteiger partial charge in [0.15, 0.2) is 0 Å². The number of aromatic nitrogens is 1. The van der Waals surface area contributed by atoms with E-state index in [9.17, 15) is 9.18 Å². The van der Waals surface area contributed by atoms with E-state index in [0.717, 1.165) is 75.2 Å². The molecule has 1 fully saturated rings. The number of carbonyl (C=O) groups is 1. The number of carbonyl (C=O) groups excluding carboxylic acids is 1. The molecule has 0 N–H and O–H groups in total. The molecule has 38 heavy (non-hydrogen) atoms. The largest absolute Gasteiger partial charge is 0.340 e. The molecule has 0 saturated carbocycles. The van der Waals surface area contributed by atoms with Gasteiger partial charge in [-0.1, -0.05) is 44.2 Å². The van der Waals surface area contributed by atoms with Crippen molar-refractivity contribution in [2.24, 2.45) is 0 Å². The van der Waals surface area contributed by atoms with Crippen molar-refractivity contribution >= 4 is 27.7 Å². The zero-order valence-corrected chi connectivity index (χ0v) is 22.7. The molecule has 0 atom stereocenters. The zero-order valence-electron chi connectivity index (χ0n) is 22.7. The Morgan fingerprint density at radius 3 is 2.37 bits per heavy atom. The first-order valence-electron chi connectivity index (χ1n) is 14.1. The molecule has 1 aromatic heterocycles. The van der Waals surface area contributed by atoms with Crippen molar-refractivity contribution in [2.45, 2.75) is 33.2 Å². The number of para-hydroxylation sites is 1. The fourth-order valence-corrected chi connectivity index (χ4v) is 5.76. The monoisotopic (exact) mass is 514 g/mol. The Morgan fingerprint density at radius 2 is 1.61 bits per heavy atom. The lowest BCUT2D eigenvalue weighted by atomic mass is 10.1. The van der Waals surface area contributed by atoms with Crippen LogP contribution in [0.4, 0.5) is 4.39 Å². The lowest BCUT2D eigenvalue weighted by Gasteiger charge is -2.34. The Balaban J connectivity index is 1.26. The lowest BCUT2D eigenvalue weighted by molar-refractivity contribution is 0.0638. The van der Waals surface area contributed by atoms with Crippen LogP contribution in [0.2, 0.25) is 0 Å². The fraction of sp³-hybridized carbons (Fsp3) is 0.406. The molecular weight excluding hydrogens is 475 g/mol. The van der Waals surface area contributed by atoms with Crippen LogP contribution in [0.3, 0.4) is 0 Å². The maximum atomic E-state index is 13.5. The summed E-state index contributed by atoms with van der Waals surface area (Å²) in [6.07, 6.45) is 1.92. The van der Waals surface area contributed by atoms with E-state index >= 15 is 0 Å². The summed E-state index contributed by atoms with van der Waals surface area (Å²) < 4.78 is 15.9. The molecule has 1 saturated heterocycles. The van der Waals surface area contributed by atoms with Gasteiger partial charge in [0.25, 0.3) is 5.91 Å². The normalized spacial score (nSPS) is 14.7. The molecule has 3 aromatic carbocycles. The van der Waals surface area contributed by atoms with Crippen molar-refractivity contribution in [1.82, 2.24) is 19.3 Å². The highest BCUT2D eigenvalue weighted by Gasteiger charge is 2.23. The minimum absolute atomic E-state index is 0.107. The van der Waals surface area contributed by atoms with E-state index in [-0.39, 0.29) is 11.7 Å². The number of aryl methyl sites for hydroxylation is 1. The number of hydrogen-bond acceptors (Lipinski definition) is 3. The molecule has 0 spiro atoms. The number of hydrogen-bond donors (Lipinski definition) is 0. The summed E-state index contributed by atoms with van der Waals surface area (Å²) in [6.45, 7) is 12.6. The molecule has 0 radical (unpaired) electrons. The van der Waals surface area contributed by atoms with Crippen LogP contribution in [0.25, 0.3) is 21.8 Å². The van der Waals surface area contributed by atoms with Crippen molar-refractivity contribution in [3.8, 4) is 0 Å². The zero-order chi connectivity index (χ0) is 26.5. The highest BCUT2D eigenvalue weighted by Crippen LogP contribution is 2.30. The molecule has 1 aliphatic rings. The molecule has 1 amide bonds. The van der Waals surface area contributed by atoms with Gasteiger partial charge < -0.3 is 14.4 Å². The summed E-state index contributed by atoms with van der Waals surface area (Å²) in [7, 11) is 0. The number of piperazine rings is 1. The van der Waals surface area contributed by atoms with E-state index in [2.05, 4.69) is 64.6 Å². The van der Waals surface area contributed by atoms with Gasteiger partial charge in [0, 0.05) is 66.6 Å². The number of halogens is 1. The molecule has 5 rings (SSSR count). The Labute approximate surface area is 225 Å². The third-order valence-electron chi connectivity index (χ3n) is 8.04. The van der Waals surface area contributed by atoms with Crippen molar-refractivity contribution < 1.29 is 9.18 Å². The Bertz CT molecular complexity index is 1390. The predicted octanol–water partition coefficient (Wildman–Crippen LogP) is 5.67. The predicted molar refractivity (Wildman–Crippen MR) is 154 cm³/mol.